The zero-order chi connectivity index (χ0) is 31.3. The van der Waals surface area contributed by atoms with E-state index in [-0.39, 0.29) is 41.2 Å². The molecule has 2 amide bonds. The molecule has 1 saturated heterocycles. The van der Waals surface area contributed by atoms with E-state index in [4.69, 9.17) is 20.0 Å². The summed E-state index contributed by atoms with van der Waals surface area (Å²) in [4.78, 5) is 36.7. The Morgan fingerprint density at radius 3 is 2.51 bits per heavy atom. The monoisotopic (exact) mass is 602 g/mol. The first kappa shape index (κ1) is 31.4. The van der Waals surface area contributed by atoms with Crippen molar-refractivity contribution in [2.75, 3.05) is 39.7 Å². The van der Waals surface area contributed by atoms with Crippen LogP contribution in [0, 0.1) is 0 Å². The second kappa shape index (κ2) is 13.2. The second-order valence-electron chi connectivity index (χ2n) is 9.93. The zero-order valence-corrected chi connectivity index (χ0v) is 24.0. The fourth-order valence-corrected chi connectivity index (χ4v) is 4.73. The molecular weight excluding hydrogens is 569 g/mol. The number of likely N-dealkylation sites (tertiary alicyclic amines) is 1. The summed E-state index contributed by atoms with van der Waals surface area (Å²) in [7, 11) is 4.70. The van der Waals surface area contributed by atoms with E-state index >= 15 is 0 Å². The van der Waals surface area contributed by atoms with Crippen LogP contribution in [0.4, 0.5) is 18.9 Å². The van der Waals surface area contributed by atoms with Crippen molar-refractivity contribution in [2.24, 2.45) is 10.7 Å². The molecule has 4 rings (SSSR count). The number of carbonyl (C=O) groups excluding carboxylic acids is 2. The molecule has 0 atom stereocenters. The lowest BCUT2D eigenvalue weighted by atomic mass is 10.0. The van der Waals surface area contributed by atoms with E-state index in [9.17, 15) is 22.8 Å². The van der Waals surface area contributed by atoms with Crippen molar-refractivity contribution in [3.8, 4) is 11.5 Å². The van der Waals surface area contributed by atoms with Crippen LogP contribution in [0.15, 0.2) is 65.5 Å². The first-order valence-electron chi connectivity index (χ1n) is 13.3. The maximum Gasteiger partial charge on any atom is 0.421 e. The summed E-state index contributed by atoms with van der Waals surface area (Å²) < 4.78 is 52.8. The first-order chi connectivity index (χ1) is 20.4. The molecule has 0 spiro atoms. The van der Waals surface area contributed by atoms with Crippen LogP contribution in [0.2, 0.25) is 0 Å². The van der Waals surface area contributed by atoms with Gasteiger partial charge in [0.15, 0.2) is 0 Å². The van der Waals surface area contributed by atoms with Crippen molar-refractivity contribution in [1.82, 2.24) is 15.3 Å². The van der Waals surface area contributed by atoms with Gasteiger partial charge in [-0.15, -0.1) is 0 Å². The SMILES string of the molecule is C=C/C(=C(\N=C(/N)Nc1ccc(C(=O)NC2CCN(C)CC2)cc1OC)Oc1cccc2c1C(=O)N(OC)C2)C(F)(F)F. The molecule has 0 aromatic heterocycles. The number of benzene rings is 2. The van der Waals surface area contributed by atoms with Gasteiger partial charge in [-0.25, -0.2) is 5.06 Å². The van der Waals surface area contributed by atoms with Crippen LogP contribution in [0.1, 0.15) is 39.1 Å². The smallest absolute Gasteiger partial charge is 0.421 e. The third-order valence-corrected chi connectivity index (χ3v) is 7.04. The summed E-state index contributed by atoms with van der Waals surface area (Å²) in [6, 6.07) is 9.05. The van der Waals surface area contributed by atoms with Gasteiger partial charge in [-0.3, -0.25) is 14.4 Å². The van der Waals surface area contributed by atoms with Gasteiger partial charge in [0.1, 0.15) is 17.1 Å². The number of nitrogens with one attached hydrogen (secondary N) is 2. The Morgan fingerprint density at radius 1 is 1.16 bits per heavy atom. The summed E-state index contributed by atoms with van der Waals surface area (Å²) in [6.45, 7) is 5.10. The maximum atomic E-state index is 13.9. The lowest BCUT2D eigenvalue weighted by molar-refractivity contribution is -0.0957. The largest absolute Gasteiger partial charge is 0.495 e. The number of ether oxygens (including phenoxy) is 2. The van der Waals surface area contributed by atoms with Crippen molar-refractivity contribution >= 4 is 23.5 Å². The van der Waals surface area contributed by atoms with Crippen molar-refractivity contribution in [1.29, 1.82) is 0 Å². The molecule has 43 heavy (non-hydrogen) atoms. The Kier molecular flexibility index (Phi) is 9.61. The Balaban J connectivity index is 1.60. The molecule has 0 aliphatic carbocycles. The van der Waals surface area contributed by atoms with Gasteiger partial charge in [-0.05, 0) is 62.8 Å². The molecule has 2 heterocycles. The summed E-state index contributed by atoms with van der Waals surface area (Å²) in [5, 5.41) is 6.75. The third kappa shape index (κ3) is 7.27. The van der Waals surface area contributed by atoms with Crippen LogP contribution in [-0.4, -0.2) is 74.3 Å². The Bertz CT molecular complexity index is 1450. The maximum absolute atomic E-state index is 13.9. The number of methoxy groups -OCH3 is 1. The van der Waals surface area contributed by atoms with Gasteiger partial charge in [0.2, 0.25) is 11.8 Å². The molecule has 11 nitrogen and oxygen atoms in total. The molecule has 2 aromatic carbocycles. The van der Waals surface area contributed by atoms with E-state index < -0.39 is 29.5 Å². The topological polar surface area (TPSA) is 131 Å². The number of nitrogens with two attached hydrogens (primary N) is 1. The summed E-state index contributed by atoms with van der Waals surface area (Å²) in [5.74, 6) is -2.27. The number of rotatable bonds is 9. The summed E-state index contributed by atoms with van der Waals surface area (Å²) in [5.41, 5.74) is 5.80. The van der Waals surface area contributed by atoms with E-state index in [1.165, 1.54) is 44.6 Å². The molecule has 2 aromatic rings. The number of piperidine rings is 1. The predicted octanol–water partition coefficient (Wildman–Crippen LogP) is 3.80. The first-order valence-corrected chi connectivity index (χ1v) is 13.3. The van der Waals surface area contributed by atoms with Gasteiger partial charge in [0.25, 0.3) is 11.8 Å². The molecule has 0 saturated carbocycles. The van der Waals surface area contributed by atoms with E-state index in [1.807, 2.05) is 7.05 Å². The molecule has 2 aliphatic heterocycles. The van der Waals surface area contributed by atoms with Crippen molar-refractivity contribution in [2.45, 2.75) is 31.6 Å². The predicted molar refractivity (Wildman–Crippen MR) is 153 cm³/mol. The Hall–Kier alpha value is -4.56. The summed E-state index contributed by atoms with van der Waals surface area (Å²) in [6.07, 6.45) is -2.71. The van der Waals surface area contributed by atoms with E-state index in [0.29, 0.717) is 17.2 Å². The number of fused-ring (bicyclic) bond motifs is 1. The second-order valence-corrected chi connectivity index (χ2v) is 9.93. The van der Waals surface area contributed by atoms with Gasteiger partial charge < -0.3 is 30.7 Å². The third-order valence-electron chi connectivity index (χ3n) is 7.04. The number of aliphatic imine (C=N–C) groups is 1. The van der Waals surface area contributed by atoms with Gasteiger partial charge in [0.05, 0.1) is 32.0 Å². The van der Waals surface area contributed by atoms with Gasteiger partial charge >= 0.3 is 6.18 Å². The lowest BCUT2D eigenvalue weighted by Gasteiger charge is -2.29. The van der Waals surface area contributed by atoms with Crippen molar-refractivity contribution in [3.05, 3.63) is 77.2 Å². The lowest BCUT2D eigenvalue weighted by Crippen LogP contribution is -2.43. The number of hydrogen-bond acceptors (Lipinski definition) is 7. The van der Waals surface area contributed by atoms with Crippen molar-refractivity contribution < 1.29 is 37.1 Å². The molecule has 14 heteroatoms. The number of amides is 2. The number of halogens is 3. The number of nitrogens with zero attached hydrogens (tertiary/aromatic N) is 3. The Morgan fingerprint density at radius 2 is 1.88 bits per heavy atom. The highest BCUT2D eigenvalue weighted by Gasteiger charge is 2.37. The Labute approximate surface area is 246 Å². The molecule has 4 N–H and O–H groups in total. The van der Waals surface area contributed by atoms with Gasteiger partial charge in [-0.2, -0.15) is 18.2 Å². The number of allylic oxidation sites excluding steroid dienone is 2. The number of guanidine groups is 1. The van der Waals surface area contributed by atoms with Crippen LogP contribution in [0.25, 0.3) is 0 Å². The molecule has 0 bridgehead atoms. The summed E-state index contributed by atoms with van der Waals surface area (Å²) >= 11 is 0. The fraction of sp³-hybridized carbons (Fsp3) is 0.345. The van der Waals surface area contributed by atoms with Crippen LogP contribution in [-0.2, 0) is 11.4 Å². The highest BCUT2D eigenvalue weighted by molar-refractivity contribution is 6.00. The number of hydrogen-bond donors (Lipinski definition) is 3. The molecule has 1 fully saturated rings. The molecule has 2 aliphatic rings. The number of hydroxylamine groups is 2. The van der Waals surface area contributed by atoms with Crippen LogP contribution in [0.5, 0.6) is 11.5 Å². The average Bonchev–Trinajstić information content (AvgIpc) is 3.30. The zero-order valence-electron chi connectivity index (χ0n) is 24.0. The van der Waals surface area contributed by atoms with Gasteiger partial charge in [-0.1, -0.05) is 24.8 Å². The highest BCUT2D eigenvalue weighted by Crippen LogP contribution is 2.35. The van der Waals surface area contributed by atoms with Crippen LogP contribution >= 0.6 is 0 Å². The normalized spacial score (nSPS) is 16.8. The highest BCUT2D eigenvalue weighted by atomic mass is 19.4. The minimum absolute atomic E-state index is 0.0324. The standard InChI is InChI=1S/C29H33F3N6O5/c1-5-20(29(30,31)32)26(43-22-8-6-7-18-16-38(42-4)27(40)24(18)22)36-28(33)35-21-10-9-17(15-23(21)41-3)25(39)34-19-11-13-37(2)14-12-19/h5-10,15,19H,1,11-14,16H2,2-4H3,(H,34,39)(H3,33,35,36)/b26-20-. The van der Waals surface area contributed by atoms with E-state index in [1.54, 1.807) is 6.07 Å². The number of anilines is 1. The molecule has 230 valence electrons. The van der Waals surface area contributed by atoms with E-state index in [0.717, 1.165) is 31.0 Å². The molecule has 0 radical (unpaired) electrons. The number of carbonyl (C=O) groups is 2. The quantitative estimate of drug-likeness (QED) is 0.171. The average molecular weight is 603 g/mol. The van der Waals surface area contributed by atoms with E-state index in [2.05, 4.69) is 27.1 Å². The van der Waals surface area contributed by atoms with Crippen molar-refractivity contribution in [3.63, 3.8) is 0 Å². The number of alkyl halides is 3. The fourth-order valence-electron chi connectivity index (χ4n) is 4.73. The van der Waals surface area contributed by atoms with Gasteiger partial charge in [0, 0.05) is 11.6 Å². The minimum atomic E-state index is -4.91. The molecular formula is C29H33F3N6O5. The minimum Gasteiger partial charge on any atom is -0.495 e. The molecule has 0 unspecified atom stereocenters. The van der Waals surface area contributed by atoms with Crippen LogP contribution in [0.3, 0.4) is 0 Å². The van der Waals surface area contributed by atoms with Crippen LogP contribution < -0.4 is 25.8 Å².